The summed E-state index contributed by atoms with van der Waals surface area (Å²) in [7, 11) is 0. The van der Waals surface area contributed by atoms with Gasteiger partial charge in [-0.3, -0.25) is 15.0 Å². The average molecular weight is 349 g/mol. The molecule has 1 saturated heterocycles. The summed E-state index contributed by atoms with van der Waals surface area (Å²) in [6, 6.07) is -0.522. The van der Waals surface area contributed by atoms with Crippen LogP contribution in [0.5, 0.6) is 0 Å². The lowest BCUT2D eigenvalue weighted by molar-refractivity contribution is -0.138. The van der Waals surface area contributed by atoms with E-state index in [1.807, 2.05) is 11.6 Å². The summed E-state index contributed by atoms with van der Waals surface area (Å²) >= 11 is 0. The minimum atomic E-state index is -0.970. The molecular formula is C15H23N7O3. The van der Waals surface area contributed by atoms with Crippen LogP contribution in [-0.4, -0.2) is 55.7 Å². The summed E-state index contributed by atoms with van der Waals surface area (Å²) in [4.78, 5) is 40.6. The molecule has 10 heteroatoms. The molecule has 3 N–H and O–H groups in total. The monoisotopic (exact) mass is 349 g/mol. The van der Waals surface area contributed by atoms with Gasteiger partial charge in [0.05, 0.1) is 13.1 Å². The first-order chi connectivity index (χ1) is 11.8. The lowest BCUT2D eigenvalue weighted by Gasteiger charge is -2.24. The Morgan fingerprint density at radius 3 is 2.88 bits per heavy atom. The molecular weight excluding hydrogens is 326 g/mol. The first kappa shape index (κ1) is 17.3. The van der Waals surface area contributed by atoms with Crippen LogP contribution in [-0.2, 0) is 22.6 Å². The van der Waals surface area contributed by atoms with Crippen LogP contribution in [0.25, 0.3) is 0 Å². The Hall–Kier alpha value is -2.49. The molecule has 0 radical (unpaired) electrons. The van der Waals surface area contributed by atoms with E-state index in [4.69, 9.17) is 0 Å². The Morgan fingerprint density at radius 1 is 1.44 bits per heavy atom. The van der Waals surface area contributed by atoms with Gasteiger partial charge in [0.15, 0.2) is 0 Å². The Bertz CT molecular complexity index is 716. The van der Waals surface area contributed by atoms with E-state index >= 15 is 0 Å². The number of aromatic nitrogens is 3. The predicted octanol–water partition coefficient (Wildman–Crippen LogP) is -0.757. The Kier molecular flexibility index (Phi) is 4.46. The van der Waals surface area contributed by atoms with Gasteiger partial charge in [-0.05, 0) is 26.7 Å². The van der Waals surface area contributed by atoms with Crippen LogP contribution >= 0.6 is 0 Å². The van der Waals surface area contributed by atoms with Gasteiger partial charge in [0.1, 0.15) is 17.2 Å². The number of hydrogen-bond donors (Lipinski definition) is 3. The average Bonchev–Trinajstić information content (AvgIpc) is 3.04. The number of nitrogens with one attached hydrogen (secondary N) is 3. The summed E-state index contributed by atoms with van der Waals surface area (Å²) < 4.78 is 1.85. The second-order valence-electron chi connectivity index (χ2n) is 6.67. The molecule has 3 heterocycles. The first-order valence-corrected chi connectivity index (χ1v) is 8.42. The van der Waals surface area contributed by atoms with E-state index in [0.29, 0.717) is 13.0 Å². The van der Waals surface area contributed by atoms with E-state index in [2.05, 4.69) is 26.1 Å². The summed E-state index contributed by atoms with van der Waals surface area (Å²) in [6.07, 6.45) is 2.09. The van der Waals surface area contributed by atoms with E-state index in [9.17, 15) is 14.4 Å². The van der Waals surface area contributed by atoms with Crippen molar-refractivity contribution in [1.29, 1.82) is 0 Å². The maximum atomic E-state index is 12.2. The zero-order valence-corrected chi connectivity index (χ0v) is 14.6. The molecule has 0 aliphatic carbocycles. The number of aryl methyl sites for hydroxylation is 2. The molecule has 3 rings (SSSR count). The van der Waals surface area contributed by atoms with Gasteiger partial charge in [0.2, 0.25) is 0 Å². The standard InChI is InChI=1S/C15H23N7O3/c1-4-15(3)13(24)22(14(25)18-15)20-12(23)7-16-10-5-6-11-17-9(2)19-21(11)8-10/h10,16H,4-8H2,1-3H3,(H,18,25)(H,20,23)/t10-,15-/m1/s1. The molecule has 0 aromatic carbocycles. The topological polar surface area (TPSA) is 121 Å². The third-order valence-electron chi connectivity index (χ3n) is 4.72. The molecule has 0 unspecified atom stereocenters. The number of rotatable bonds is 5. The molecule has 0 saturated carbocycles. The van der Waals surface area contributed by atoms with E-state index in [0.717, 1.165) is 29.5 Å². The van der Waals surface area contributed by atoms with Crippen LogP contribution in [0.15, 0.2) is 0 Å². The van der Waals surface area contributed by atoms with Crippen molar-refractivity contribution in [3.63, 3.8) is 0 Å². The third-order valence-corrected chi connectivity index (χ3v) is 4.72. The molecule has 10 nitrogen and oxygen atoms in total. The van der Waals surface area contributed by atoms with Crippen molar-refractivity contribution in [2.24, 2.45) is 0 Å². The molecule has 0 bridgehead atoms. The second kappa shape index (κ2) is 6.43. The summed E-state index contributed by atoms with van der Waals surface area (Å²) in [6.45, 7) is 5.93. The number of nitrogens with zero attached hydrogens (tertiary/aromatic N) is 4. The van der Waals surface area contributed by atoms with Gasteiger partial charge in [0, 0.05) is 12.5 Å². The van der Waals surface area contributed by atoms with Crippen LogP contribution in [0.1, 0.15) is 38.3 Å². The fraction of sp³-hybridized carbons (Fsp3) is 0.667. The third kappa shape index (κ3) is 3.34. The largest absolute Gasteiger partial charge is 0.344 e. The molecule has 1 fully saturated rings. The maximum absolute atomic E-state index is 12.2. The highest BCUT2D eigenvalue weighted by Crippen LogP contribution is 2.19. The van der Waals surface area contributed by atoms with Gasteiger partial charge < -0.3 is 10.6 Å². The number of amides is 4. The number of fused-ring (bicyclic) bond motifs is 1. The highest BCUT2D eigenvalue weighted by molar-refractivity contribution is 6.07. The molecule has 2 aliphatic rings. The van der Waals surface area contributed by atoms with Crippen LogP contribution < -0.4 is 16.1 Å². The normalized spacial score (nSPS) is 25.7. The van der Waals surface area contributed by atoms with Crippen molar-refractivity contribution < 1.29 is 14.4 Å². The van der Waals surface area contributed by atoms with Crippen molar-refractivity contribution >= 4 is 17.8 Å². The van der Waals surface area contributed by atoms with Crippen LogP contribution in [0.4, 0.5) is 4.79 Å². The van der Waals surface area contributed by atoms with Crippen molar-refractivity contribution in [2.75, 3.05) is 6.54 Å². The summed E-state index contributed by atoms with van der Waals surface area (Å²) in [5.41, 5.74) is 1.40. The first-order valence-electron chi connectivity index (χ1n) is 8.42. The summed E-state index contributed by atoms with van der Waals surface area (Å²) in [5.74, 6) is 0.808. The molecule has 1 aromatic rings. The molecule has 2 aliphatic heterocycles. The van der Waals surface area contributed by atoms with Gasteiger partial charge >= 0.3 is 6.03 Å². The quantitative estimate of drug-likeness (QED) is 0.601. The fourth-order valence-electron chi connectivity index (χ4n) is 3.03. The van der Waals surface area contributed by atoms with Crippen molar-refractivity contribution in [3.05, 3.63) is 11.6 Å². The predicted molar refractivity (Wildman–Crippen MR) is 87.1 cm³/mol. The van der Waals surface area contributed by atoms with E-state index in [1.165, 1.54) is 0 Å². The molecule has 136 valence electrons. The van der Waals surface area contributed by atoms with Crippen molar-refractivity contribution in [1.82, 2.24) is 35.8 Å². The Morgan fingerprint density at radius 2 is 2.20 bits per heavy atom. The highest BCUT2D eigenvalue weighted by Gasteiger charge is 2.47. The number of carbonyl (C=O) groups is 3. The number of urea groups is 1. The zero-order valence-electron chi connectivity index (χ0n) is 14.6. The van der Waals surface area contributed by atoms with E-state index < -0.39 is 23.4 Å². The smallest absolute Gasteiger partial charge is 0.322 e. The maximum Gasteiger partial charge on any atom is 0.344 e. The number of hydrazine groups is 1. The fourth-order valence-corrected chi connectivity index (χ4v) is 3.03. The number of carbonyl (C=O) groups excluding carboxylic acids is 3. The van der Waals surface area contributed by atoms with Gasteiger partial charge in [-0.15, -0.1) is 0 Å². The van der Waals surface area contributed by atoms with E-state index in [1.54, 1.807) is 13.8 Å². The highest BCUT2D eigenvalue weighted by atomic mass is 16.2. The molecule has 1 aromatic heterocycles. The second-order valence-corrected chi connectivity index (χ2v) is 6.67. The summed E-state index contributed by atoms with van der Waals surface area (Å²) in [5, 5.41) is 10.8. The Labute approximate surface area is 145 Å². The molecule has 0 spiro atoms. The molecule has 2 atom stereocenters. The molecule has 4 amide bonds. The van der Waals surface area contributed by atoms with Crippen molar-refractivity contribution in [3.8, 4) is 0 Å². The van der Waals surface area contributed by atoms with Gasteiger partial charge in [-0.2, -0.15) is 10.1 Å². The van der Waals surface area contributed by atoms with Gasteiger partial charge in [-0.25, -0.2) is 14.5 Å². The number of imide groups is 1. The van der Waals surface area contributed by atoms with Crippen LogP contribution in [0, 0.1) is 6.92 Å². The lowest BCUT2D eigenvalue weighted by atomic mass is 10.00. The SMILES string of the molecule is CC[C@@]1(C)NC(=O)N(NC(=O)CN[C@@H]2CCc3nc(C)nn3C2)C1=O. The van der Waals surface area contributed by atoms with Crippen LogP contribution in [0.3, 0.4) is 0 Å². The van der Waals surface area contributed by atoms with Gasteiger partial charge in [0.25, 0.3) is 11.8 Å². The van der Waals surface area contributed by atoms with Crippen molar-refractivity contribution in [2.45, 2.75) is 58.2 Å². The minimum Gasteiger partial charge on any atom is -0.322 e. The van der Waals surface area contributed by atoms with Gasteiger partial charge in [-0.1, -0.05) is 6.92 Å². The van der Waals surface area contributed by atoms with Crippen LogP contribution in [0.2, 0.25) is 0 Å². The molecule has 25 heavy (non-hydrogen) atoms. The lowest BCUT2D eigenvalue weighted by Crippen LogP contribution is -2.52. The minimum absolute atomic E-state index is 0.00752. The van der Waals surface area contributed by atoms with E-state index in [-0.39, 0.29) is 12.6 Å². The zero-order chi connectivity index (χ0) is 18.2. The number of hydrogen-bond acceptors (Lipinski definition) is 6. The Balaban J connectivity index is 1.51.